The van der Waals surface area contributed by atoms with Gasteiger partial charge in [-0.05, 0) is 37.4 Å². The molecule has 0 spiro atoms. The van der Waals surface area contributed by atoms with Gasteiger partial charge in [0.25, 0.3) is 0 Å². The summed E-state index contributed by atoms with van der Waals surface area (Å²) in [4.78, 5) is 5.37. The summed E-state index contributed by atoms with van der Waals surface area (Å²) in [5, 5.41) is 25.2. The Labute approximate surface area is 212 Å². The lowest BCUT2D eigenvalue weighted by Crippen LogP contribution is -2.42. The largest absolute Gasteiger partial charge is 0.480 e. The van der Waals surface area contributed by atoms with Gasteiger partial charge in [0, 0.05) is 24.9 Å². The fourth-order valence-corrected chi connectivity index (χ4v) is 3.91. The molecule has 14 heteroatoms. The third-order valence-corrected chi connectivity index (χ3v) is 5.78. The maximum Gasteiger partial charge on any atom is 0.425 e. The van der Waals surface area contributed by atoms with Crippen LogP contribution in [0.1, 0.15) is 13.8 Å². The summed E-state index contributed by atoms with van der Waals surface area (Å²) in [5.41, 5.74) is 0.120. The first-order valence-corrected chi connectivity index (χ1v) is 11.2. The molecule has 2 unspecified atom stereocenters. The predicted molar refractivity (Wildman–Crippen MR) is 125 cm³/mol. The van der Waals surface area contributed by atoms with Gasteiger partial charge >= 0.3 is 6.18 Å². The molecule has 0 saturated heterocycles. The lowest BCUT2D eigenvalue weighted by Gasteiger charge is -2.27. The molecule has 0 fully saturated rings. The monoisotopic (exact) mass is 546 g/mol. The van der Waals surface area contributed by atoms with E-state index in [1.807, 2.05) is 0 Å². The van der Waals surface area contributed by atoms with Crippen molar-refractivity contribution in [2.75, 3.05) is 18.2 Å². The van der Waals surface area contributed by atoms with E-state index in [9.17, 15) is 32.2 Å². The van der Waals surface area contributed by atoms with Crippen LogP contribution in [-0.2, 0) is 0 Å². The van der Waals surface area contributed by atoms with E-state index < -0.39 is 47.6 Å². The number of fused-ring (bicyclic) bond motifs is 1. The normalized spacial score (nSPS) is 16.8. The number of hydrogen-bond acceptors (Lipinski definition) is 8. The number of ether oxygens (including phenoxy) is 2. The number of amidine groups is 1. The van der Waals surface area contributed by atoms with Gasteiger partial charge in [0.1, 0.15) is 18.2 Å². The number of anilines is 1. The van der Waals surface area contributed by atoms with Crippen molar-refractivity contribution in [3.8, 4) is 17.4 Å². The number of aromatic nitrogens is 1. The van der Waals surface area contributed by atoms with Gasteiger partial charge in [-0.1, -0.05) is 11.6 Å². The molecule has 4 rings (SSSR count). The highest BCUT2D eigenvalue weighted by Gasteiger charge is 2.39. The van der Waals surface area contributed by atoms with Crippen molar-refractivity contribution in [3.05, 3.63) is 53.2 Å². The van der Waals surface area contributed by atoms with Crippen molar-refractivity contribution < 1.29 is 41.6 Å². The van der Waals surface area contributed by atoms with Gasteiger partial charge in [0.2, 0.25) is 12.2 Å². The highest BCUT2D eigenvalue weighted by molar-refractivity contribution is 6.32. The molecule has 0 radical (unpaired) electrons. The fourth-order valence-electron chi connectivity index (χ4n) is 3.67. The summed E-state index contributed by atoms with van der Waals surface area (Å²) >= 11 is 5.91. The molecule has 1 aliphatic heterocycles. The van der Waals surface area contributed by atoms with E-state index in [1.54, 1.807) is 6.92 Å². The smallest absolute Gasteiger partial charge is 0.425 e. The van der Waals surface area contributed by atoms with E-state index in [4.69, 9.17) is 21.1 Å². The average molecular weight is 547 g/mol. The van der Waals surface area contributed by atoms with E-state index in [0.717, 1.165) is 18.0 Å². The Morgan fingerprint density at radius 1 is 1.19 bits per heavy atom. The molecule has 0 bridgehead atoms. The predicted octanol–water partition coefficient (Wildman–Crippen LogP) is 5.01. The topological polar surface area (TPSA) is 90.7 Å². The second-order valence-corrected chi connectivity index (χ2v) is 8.32. The minimum absolute atomic E-state index is 0.0745. The fraction of sp³-hybridized carbons (Fsp3) is 0.304. The zero-order valence-electron chi connectivity index (χ0n) is 19.3. The number of likely N-dealkylation sites (N-methyl/N-ethyl adjacent to an activating group) is 1. The van der Waals surface area contributed by atoms with Gasteiger partial charge in [-0.2, -0.15) is 18.3 Å². The van der Waals surface area contributed by atoms with Gasteiger partial charge in [0.15, 0.2) is 23.5 Å². The van der Waals surface area contributed by atoms with Crippen molar-refractivity contribution in [3.63, 3.8) is 0 Å². The maximum atomic E-state index is 14.4. The minimum Gasteiger partial charge on any atom is -0.480 e. The summed E-state index contributed by atoms with van der Waals surface area (Å²) in [6.07, 6.45) is -7.14. The molecule has 198 valence electrons. The molecule has 3 aromatic rings. The molecule has 0 aliphatic carbocycles. The van der Waals surface area contributed by atoms with Crippen molar-refractivity contribution in [2.24, 2.45) is 5.10 Å². The molecular weight excluding hydrogens is 527 g/mol. The summed E-state index contributed by atoms with van der Waals surface area (Å²) in [6.45, 7) is 2.30. The Hall–Kier alpha value is -3.42. The average Bonchev–Trinajstić information content (AvgIpc) is 3.15. The number of nitrogens with zero attached hydrogens (tertiary/aromatic N) is 4. The van der Waals surface area contributed by atoms with Crippen LogP contribution in [0.15, 0.2) is 41.6 Å². The number of pyridine rings is 1. The molecule has 2 aromatic carbocycles. The molecule has 2 atom stereocenters. The second-order valence-electron chi connectivity index (χ2n) is 7.91. The number of hydrazone groups is 1. The van der Waals surface area contributed by atoms with Crippen LogP contribution in [0.4, 0.5) is 27.6 Å². The first kappa shape index (κ1) is 26.6. The Bertz CT molecular complexity index is 1330. The molecule has 0 amide bonds. The highest BCUT2D eigenvalue weighted by Crippen LogP contribution is 2.42. The second kappa shape index (κ2) is 10.1. The Morgan fingerprint density at radius 3 is 2.51 bits per heavy atom. The lowest BCUT2D eigenvalue weighted by molar-refractivity contribution is -0.189. The van der Waals surface area contributed by atoms with E-state index in [2.05, 4.69) is 10.1 Å². The maximum absolute atomic E-state index is 14.4. The molecular formula is C23H20ClF5N4O4. The highest BCUT2D eigenvalue weighted by atomic mass is 35.5. The Morgan fingerprint density at radius 2 is 1.92 bits per heavy atom. The van der Waals surface area contributed by atoms with Crippen LogP contribution in [0, 0.1) is 11.6 Å². The van der Waals surface area contributed by atoms with Gasteiger partial charge in [0.05, 0.1) is 16.1 Å². The molecule has 0 saturated carbocycles. The number of halogens is 6. The van der Waals surface area contributed by atoms with Crippen LogP contribution in [0.2, 0.25) is 5.02 Å². The first-order valence-electron chi connectivity index (χ1n) is 10.8. The summed E-state index contributed by atoms with van der Waals surface area (Å²) in [5.74, 6) is -3.30. The Kier molecular flexibility index (Phi) is 7.31. The van der Waals surface area contributed by atoms with E-state index in [0.29, 0.717) is 6.07 Å². The van der Waals surface area contributed by atoms with Crippen LogP contribution in [0.3, 0.4) is 0 Å². The molecule has 37 heavy (non-hydrogen) atoms. The van der Waals surface area contributed by atoms with Gasteiger partial charge in [-0.15, -0.1) is 0 Å². The van der Waals surface area contributed by atoms with Gasteiger partial charge in [-0.3, -0.25) is 0 Å². The summed E-state index contributed by atoms with van der Waals surface area (Å²) in [6, 6.07) is 5.38. The minimum atomic E-state index is -4.74. The lowest BCUT2D eigenvalue weighted by atomic mass is 10.1. The van der Waals surface area contributed by atoms with Crippen molar-refractivity contribution in [1.29, 1.82) is 0 Å². The number of alkyl halides is 3. The standard InChI is InChI=1S/C23H20ClF5N4O4/c1-3-32-18(10-34)31-33(22(32)35)14-6-12-4-5-30-21(37-20-15(24)7-13(25)8-16(20)26)19(12)17(9-14)36-11(2)23(27,28)29/h4-9,11,22,34-35H,3,10H2,1-2H3. The number of benzene rings is 2. The molecule has 1 aromatic heterocycles. The van der Waals surface area contributed by atoms with E-state index in [-0.39, 0.29) is 40.5 Å². The summed E-state index contributed by atoms with van der Waals surface area (Å²) < 4.78 is 78.8. The molecule has 1 aliphatic rings. The molecule has 8 nitrogen and oxygen atoms in total. The number of aliphatic hydroxyl groups is 2. The number of hydrogen-bond donors (Lipinski definition) is 2. The van der Waals surface area contributed by atoms with Crippen molar-refractivity contribution in [2.45, 2.75) is 32.5 Å². The quantitative estimate of drug-likeness (QED) is 0.403. The zero-order valence-corrected chi connectivity index (χ0v) is 20.1. The van der Waals surface area contributed by atoms with Gasteiger partial charge < -0.3 is 24.6 Å². The Balaban J connectivity index is 1.88. The van der Waals surface area contributed by atoms with E-state index >= 15 is 0 Å². The van der Waals surface area contributed by atoms with Crippen molar-refractivity contribution in [1.82, 2.24) is 9.88 Å². The van der Waals surface area contributed by atoms with Crippen LogP contribution >= 0.6 is 11.6 Å². The third kappa shape index (κ3) is 5.20. The zero-order chi connectivity index (χ0) is 27.1. The summed E-state index contributed by atoms with van der Waals surface area (Å²) in [7, 11) is 0. The third-order valence-electron chi connectivity index (χ3n) is 5.50. The SMILES string of the molecule is CCN1C(CO)=NN(c2cc(OC(C)C(F)(F)F)c3c(Oc4c(F)cc(F)cc4Cl)nccc3c2)C1O. The molecule has 2 heterocycles. The van der Waals surface area contributed by atoms with Crippen LogP contribution in [0.5, 0.6) is 17.4 Å². The van der Waals surface area contributed by atoms with Gasteiger partial charge in [-0.25, -0.2) is 18.8 Å². The number of rotatable bonds is 7. The van der Waals surface area contributed by atoms with E-state index in [1.165, 1.54) is 29.3 Å². The van der Waals surface area contributed by atoms with Crippen LogP contribution in [0.25, 0.3) is 10.8 Å². The first-order chi connectivity index (χ1) is 17.4. The van der Waals surface area contributed by atoms with Crippen molar-refractivity contribution >= 4 is 33.9 Å². The van der Waals surface area contributed by atoms with Crippen LogP contribution in [-0.4, -0.2) is 57.7 Å². The number of aliphatic hydroxyl groups excluding tert-OH is 2. The van der Waals surface area contributed by atoms with Crippen LogP contribution < -0.4 is 14.5 Å². The molecule has 2 N–H and O–H groups in total.